The number of nitrogens with zero attached hydrogens (tertiary/aromatic N) is 2. The molecule has 20 heavy (non-hydrogen) atoms. The van der Waals surface area contributed by atoms with Gasteiger partial charge >= 0.3 is 0 Å². The third-order valence-corrected chi connectivity index (χ3v) is 3.05. The normalized spacial score (nSPS) is 12.1. The van der Waals surface area contributed by atoms with Crippen LogP contribution in [0.5, 0.6) is 0 Å². The molecule has 0 aliphatic rings. The van der Waals surface area contributed by atoms with Crippen molar-refractivity contribution in [2.45, 2.75) is 25.5 Å². The maximum Gasteiger partial charge on any atom is 0.294 e. The Hall–Kier alpha value is -2.18. The number of hydrogen-bond acceptors (Lipinski definition) is 4. The zero-order valence-electron chi connectivity index (χ0n) is 10.9. The molecule has 2 rings (SSSR count). The monoisotopic (exact) mass is 275 g/mol. The van der Waals surface area contributed by atoms with Gasteiger partial charge in [0.2, 0.25) is 0 Å². The van der Waals surface area contributed by atoms with E-state index < -0.39 is 12.1 Å². The number of nitrogens with one attached hydrogen (secondary N) is 1. The Balaban J connectivity index is 1.84. The van der Waals surface area contributed by atoms with Crippen LogP contribution in [-0.2, 0) is 6.42 Å². The summed E-state index contributed by atoms with van der Waals surface area (Å²) < 4.78 is 1.45. The van der Waals surface area contributed by atoms with Crippen LogP contribution in [0, 0.1) is 0 Å². The molecule has 1 atom stereocenters. The van der Waals surface area contributed by atoms with Gasteiger partial charge in [0.25, 0.3) is 5.91 Å². The Labute approximate surface area is 116 Å². The summed E-state index contributed by atoms with van der Waals surface area (Å²) in [6.45, 7) is 0. The maximum absolute atomic E-state index is 11.1. The number of rotatable bonds is 6. The first-order valence-corrected chi connectivity index (χ1v) is 6.40. The topological polar surface area (TPSA) is 87.4 Å². The first-order valence-electron chi connectivity index (χ1n) is 6.40. The minimum Gasteiger partial charge on any atom is -0.373 e. The summed E-state index contributed by atoms with van der Waals surface area (Å²) in [5, 5.41) is 18.5. The Bertz CT molecular complexity index is 554. The Morgan fingerprint density at radius 2 is 2.10 bits per heavy atom. The van der Waals surface area contributed by atoms with Gasteiger partial charge < -0.3 is 9.67 Å². The van der Waals surface area contributed by atoms with Crippen LogP contribution in [-0.4, -0.2) is 25.8 Å². The van der Waals surface area contributed by atoms with E-state index >= 15 is 0 Å². The van der Waals surface area contributed by atoms with Crippen molar-refractivity contribution in [3.05, 3.63) is 54.1 Å². The zero-order chi connectivity index (χ0) is 14.4. The van der Waals surface area contributed by atoms with E-state index in [-0.39, 0.29) is 5.69 Å². The fourth-order valence-corrected chi connectivity index (χ4v) is 1.96. The lowest BCUT2D eigenvalue weighted by Gasteiger charge is -2.11. The highest BCUT2D eigenvalue weighted by Crippen LogP contribution is 2.14. The van der Waals surface area contributed by atoms with E-state index in [0.717, 1.165) is 12.8 Å². The summed E-state index contributed by atoms with van der Waals surface area (Å²) in [6, 6.07) is 10.0. The molecule has 0 spiro atoms. The molecular formula is C14H17N3O3. The van der Waals surface area contributed by atoms with Crippen molar-refractivity contribution in [2.75, 3.05) is 0 Å². The van der Waals surface area contributed by atoms with Crippen molar-refractivity contribution >= 4 is 5.91 Å². The molecule has 1 unspecified atom stereocenters. The molecule has 0 aliphatic carbocycles. The number of hydroxylamine groups is 1. The maximum atomic E-state index is 11.1. The average molecular weight is 275 g/mol. The molecule has 0 bridgehead atoms. The van der Waals surface area contributed by atoms with Gasteiger partial charge in [0.15, 0.2) is 0 Å². The standard InChI is InChI=1S/C14H17N3O3/c18-13(8-4-7-11-5-2-1-3-6-11)17-9-12(15-10-17)14(19)16-20/h1-3,5-6,9-10,13,18,20H,4,7-8H2,(H,16,19). The van der Waals surface area contributed by atoms with Crippen LogP contribution in [0.2, 0.25) is 0 Å². The number of benzene rings is 1. The second kappa shape index (κ2) is 6.83. The summed E-state index contributed by atoms with van der Waals surface area (Å²) in [4.78, 5) is 14.9. The van der Waals surface area contributed by atoms with Crippen LogP contribution in [0.25, 0.3) is 0 Å². The third-order valence-electron chi connectivity index (χ3n) is 3.05. The van der Waals surface area contributed by atoms with Gasteiger partial charge in [-0.1, -0.05) is 30.3 Å². The molecule has 1 aromatic heterocycles. The molecule has 106 valence electrons. The summed E-state index contributed by atoms with van der Waals surface area (Å²) in [5.41, 5.74) is 2.79. The largest absolute Gasteiger partial charge is 0.373 e. The predicted molar refractivity (Wildman–Crippen MR) is 72.1 cm³/mol. The average Bonchev–Trinajstić information content (AvgIpc) is 2.97. The first kappa shape index (κ1) is 14.2. The van der Waals surface area contributed by atoms with Gasteiger partial charge in [-0.3, -0.25) is 10.0 Å². The smallest absolute Gasteiger partial charge is 0.294 e. The van der Waals surface area contributed by atoms with Crippen LogP contribution in [0.15, 0.2) is 42.9 Å². The molecule has 3 N–H and O–H groups in total. The van der Waals surface area contributed by atoms with E-state index in [1.165, 1.54) is 28.1 Å². The lowest BCUT2D eigenvalue weighted by Crippen LogP contribution is -2.19. The van der Waals surface area contributed by atoms with Gasteiger partial charge in [-0.2, -0.15) is 0 Å². The Kier molecular flexibility index (Phi) is 4.86. The Morgan fingerprint density at radius 1 is 1.35 bits per heavy atom. The number of amides is 1. The van der Waals surface area contributed by atoms with E-state index in [9.17, 15) is 9.90 Å². The number of aryl methyl sites for hydroxylation is 1. The minimum absolute atomic E-state index is 0.0645. The zero-order valence-corrected chi connectivity index (χ0v) is 10.9. The summed E-state index contributed by atoms with van der Waals surface area (Å²) in [7, 11) is 0. The number of imidazole rings is 1. The highest BCUT2D eigenvalue weighted by Gasteiger charge is 2.12. The van der Waals surface area contributed by atoms with E-state index in [4.69, 9.17) is 5.21 Å². The molecule has 0 fully saturated rings. The minimum atomic E-state index is -0.730. The number of aliphatic hydroxyl groups excluding tert-OH is 1. The van der Waals surface area contributed by atoms with Gasteiger partial charge in [-0.15, -0.1) is 0 Å². The van der Waals surface area contributed by atoms with Crippen molar-refractivity contribution < 1.29 is 15.1 Å². The number of carbonyl (C=O) groups is 1. The molecule has 6 nitrogen and oxygen atoms in total. The third kappa shape index (κ3) is 3.66. The van der Waals surface area contributed by atoms with Crippen molar-refractivity contribution in [3.63, 3.8) is 0 Å². The van der Waals surface area contributed by atoms with Gasteiger partial charge in [0.1, 0.15) is 11.9 Å². The number of hydrogen-bond donors (Lipinski definition) is 3. The second-order valence-electron chi connectivity index (χ2n) is 4.51. The molecule has 1 amide bonds. The van der Waals surface area contributed by atoms with E-state index in [0.29, 0.717) is 6.42 Å². The molecule has 0 saturated carbocycles. The fraction of sp³-hybridized carbons (Fsp3) is 0.286. The van der Waals surface area contributed by atoms with Crippen molar-refractivity contribution in [1.29, 1.82) is 0 Å². The quantitative estimate of drug-likeness (QED) is 0.551. The van der Waals surface area contributed by atoms with Crippen molar-refractivity contribution in [1.82, 2.24) is 15.0 Å². The number of carbonyl (C=O) groups excluding carboxylic acids is 1. The van der Waals surface area contributed by atoms with Gasteiger partial charge in [0.05, 0.1) is 6.33 Å². The molecule has 0 aliphatic heterocycles. The summed E-state index contributed by atoms with van der Waals surface area (Å²) in [5.74, 6) is -0.694. The van der Waals surface area contributed by atoms with E-state index in [1.807, 2.05) is 30.3 Å². The molecule has 0 saturated heterocycles. The van der Waals surface area contributed by atoms with Crippen LogP contribution in [0.3, 0.4) is 0 Å². The van der Waals surface area contributed by atoms with Crippen LogP contribution in [0.4, 0.5) is 0 Å². The molecule has 0 radical (unpaired) electrons. The summed E-state index contributed by atoms with van der Waals surface area (Å²) in [6.07, 6.45) is 4.31. The van der Waals surface area contributed by atoms with Gasteiger partial charge in [-0.05, 0) is 24.8 Å². The molecule has 1 heterocycles. The summed E-state index contributed by atoms with van der Waals surface area (Å²) >= 11 is 0. The number of aliphatic hydroxyl groups is 1. The first-order chi connectivity index (χ1) is 9.70. The molecular weight excluding hydrogens is 258 g/mol. The number of aromatic nitrogens is 2. The van der Waals surface area contributed by atoms with Gasteiger partial charge in [-0.25, -0.2) is 10.5 Å². The van der Waals surface area contributed by atoms with Gasteiger partial charge in [0, 0.05) is 6.20 Å². The molecule has 6 heteroatoms. The fourth-order valence-electron chi connectivity index (χ4n) is 1.96. The van der Waals surface area contributed by atoms with Crippen LogP contribution < -0.4 is 5.48 Å². The van der Waals surface area contributed by atoms with Crippen LogP contribution in [0.1, 0.15) is 35.1 Å². The lowest BCUT2D eigenvalue weighted by atomic mass is 10.1. The predicted octanol–water partition coefficient (Wildman–Crippen LogP) is 1.52. The van der Waals surface area contributed by atoms with Crippen molar-refractivity contribution in [2.24, 2.45) is 0 Å². The van der Waals surface area contributed by atoms with E-state index in [2.05, 4.69) is 4.98 Å². The highest BCUT2D eigenvalue weighted by atomic mass is 16.5. The lowest BCUT2D eigenvalue weighted by molar-refractivity contribution is 0.0699. The molecule has 1 aromatic carbocycles. The van der Waals surface area contributed by atoms with E-state index in [1.54, 1.807) is 0 Å². The van der Waals surface area contributed by atoms with Crippen LogP contribution >= 0.6 is 0 Å². The highest BCUT2D eigenvalue weighted by molar-refractivity contribution is 5.91. The van der Waals surface area contributed by atoms with Crippen molar-refractivity contribution in [3.8, 4) is 0 Å². The Morgan fingerprint density at radius 3 is 2.80 bits per heavy atom. The molecule has 2 aromatic rings. The SMILES string of the molecule is O=C(NO)c1cn(C(O)CCCc2ccccc2)cn1. The second-order valence-corrected chi connectivity index (χ2v) is 4.51.